The standard InChI is InChI=1S/C17H22N4O2S/c22-24(23,15-7-4-8-18-11-15)21-10-9-20-13-19-17(16(20)12-21)14-5-2-1-3-6-14/h1-3,5-6,13,15,18H,4,7-12H2. The third kappa shape index (κ3) is 2.76. The fraction of sp³-hybridized carbons (Fsp3) is 0.471. The molecule has 1 atom stereocenters. The number of sulfonamides is 1. The zero-order valence-corrected chi connectivity index (χ0v) is 14.4. The minimum absolute atomic E-state index is 0.305. The second-order valence-electron chi connectivity index (χ2n) is 6.45. The van der Waals surface area contributed by atoms with Gasteiger partial charge in [-0.3, -0.25) is 0 Å². The molecule has 24 heavy (non-hydrogen) atoms. The van der Waals surface area contributed by atoms with Gasteiger partial charge in [-0.2, -0.15) is 4.31 Å². The third-order valence-electron chi connectivity index (χ3n) is 4.94. The summed E-state index contributed by atoms with van der Waals surface area (Å²) >= 11 is 0. The number of hydrogen-bond acceptors (Lipinski definition) is 4. The summed E-state index contributed by atoms with van der Waals surface area (Å²) in [6.07, 6.45) is 3.49. The molecule has 128 valence electrons. The summed E-state index contributed by atoms with van der Waals surface area (Å²) in [7, 11) is -3.27. The van der Waals surface area contributed by atoms with Crippen molar-refractivity contribution in [2.24, 2.45) is 0 Å². The second-order valence-corrected chi connectivity index (χ2v) is 8.66. The first-order valence-corrected chi connectivity index (χ1v) is 9.95. The predicted octanol–water partition coefficient (Wildman–Crippen LogP) is 1.45. The molecular weight excluding hydrogens is 324 g/mol. The molecule has 4 rings (SSSR count). The van der Waals surface area contributed by atoms with Crippen molar-refractivity contribution in [3.8, 4) is 11.3 Å². The summed E-state index contributed by atoms with van der Waals surface area (Å²) in [5, 5.41) is 2.90. The van der Waals surface area contributed by atoms with E-state index in [9.17, 15) is 8.42 Å². The normalized spacial score (nSPS) is 22.2. The van der Waals surface area contributed by atoms with Crippen molar-refractivity contribution in [2.75, 3.05) is 19.6 Å². The van der Waals surface area contributed by atoms with E-state index in [1.165, 1.54) is 0 Å². The molecule has 0 radical (unpaired) electrons. The smallest absolute Gasteiger partial charge is 0.218 e. The summed E-state index contributed by atoms with van der Waals surface area (Å²) in [5.74, 6) is 0. The average molecular weight is 346 g/mol. The van der Waals surface area contributed by atoms with Gasteiger partial charge >= 0.3 is 0 Å². The molecule has 2 aliphatic rings. The number of rotatable bonds is 3. The monoisotopic (exact) mass is 346 g/mol. The molecule has 1 N–H and O–H groups in total. The molecule has 0 spiro atoms. The van der Waals surface area contributed by atoms with E-state index in [-0.39, 0.29) is 5.25 Å². The van der Waals surface area contributed by atoms with Crippen molar-refractivity contribution in [1.82, 2.24) is 19.2 Å². The van der Waals surface area contributed by atoms with Crippen LogP contribution >= 0.6 is 0 Å². The first kappa shape index (κ1) is 15.8. The number of fused-ring (bicyclic) bond motifs is 1. The van der Waals surface area contributed by atoms with E-state index >= 15 is 0 Å². The highest BCUT2D eigenvalue weighted by Crippen LogP contribution is 2.28. The van der Waals surface area contributed by atoms with Crippen molar-refractivity contribution >= 4 is 10.0 Å². The lowest BCUT2D eigenvalue weighted by atomic mass is 10.1. The Morgan fingerprint density at radius 2 is 2.00 bits per heavy atom. The number of benzene rings is 1. The molecule has 3 heterocycles. The summed E-state index contributed by atoms with van der Waals surface area (Å²) in [6, 6.07) is 9.96. The molecule has 1 saturated heterocycles. The number of piperidine rings is 1. The van der Waals surface area contributed by atoms with Gasteiger partial charge in [-0.15, -0.1) is 0 Å². The first-order valence-electron chi connectivity index (χ1n) is 8.45. The van der Waals surface area contributed by atoms with E-state index in [1.54, 1.807) is 4.31 Å². The minimum atomic E-state index is -3.27. The van der Waals surface area contributed by atoms with Gasteiger partial charge in [-0.25, -0.2) is 13.4 Å². The zero-order valence-electron chi connectivity index (χ0n) is 13.6. The highest BCUT2D eigenvalue weighted by atomic mass is 32.2. The van der Waals surface area contributed by atoms with E-state index < -0.39 is 10.0 Å². The van der Waals surface area contributed by atoms with Crippen LogP contribution in [0, 0.1) is 0 Å². The summed E-state index contributed by atoms with van der Waals surface area (Å²) in [6.45, 7) is 3.06. The van der Waals surface area contributed by atoms with Gasteiger partial charge in [0, 0.05) is 25.2 Å². The Balaban J connectivity index is 1.62. The molecule has 0 saturated carbocycles. The molecule has 1 aromatic carbocycles. The van der Waals surface area contributed by atoms with Crippen molar-refractivity contribution in [3.63, 3.8) is 0 Å². The Bertz CT molecular complexity index is 810. The van der Waals surface area contributed by atoms with E-state index in [0.29, 0.717) is 26.2 Å². The van der Waals surface area contributed by atoms with Crippen molar-refractivity contribution in [3.05, 3.63) is 42.4 Å². The topological polar surface area (TPSA) is 67.2 Å². The lowest BCUT2D eigenvalue weighted by molar-refractivity contribution is 0.332. The van der Waals surface area contributed by atoms with Crippen LogP contribution in [0.25, 0.3) is 11.3 Å². The lowest BCUT2D eigenvalue weighted by Gasteiger charge is -2.33. The number of nitrogens with zero attached hydrogens (tertiary/aromatic N) is 3. The van der Waals surface area contributed by atoms with Gasteiger partial charge in [0.2, 0.25) is 10.0 Å². The molecule has 1 unspecified atom stereocenters. The van der Waals surface area contributed by atoms with Crippen LogP contribution < -0.4 is 5.32 Å². The summed E-state index contributed by atoms with van der Waals surface area (Å²) in [5.41, 5.74) is 2.90. The van der Waals surface area contributed by atoms with Gasteiger partial charge in [-0.1, -0.05) is 30.3 Å². The maximum Gasteiger partial charge on any atom is 0.218 e. The highest BCUT2D eigenvalue weighted by Gasteiger charge is 2.35. The fourth-order valence-electron chi connectivity index (χ4n) is 3.57. The highest BCUT2D eigenvalue weighted by molar-refractivity contribution is 7.89. The fourth-order valence-corrected chi connectivity index (χ4v) is 5.42. The Morgan fingerprint density at radius 1 is 1.17 bits per heavy atom. The van der Waals surface area contributed by atoms with Crippen molar-refractivity contribution in [1.29, 1.82) is 0 Å². The van der Waals surface area contributed by atoms with Gasteiger partial charge < -0.3 is 9.88 Å². The molecule has 2 aromatic rings. The van der Waals surface area contributed by atoms with Crippen LogP contribution in [0.3, 0.4) is 0 Å². The van der Waals surface area contributed by atoms with Crippen LogP contribution in [0.4, 0.5) is 0 Å². The van der Waals surface area contributed by atoms with Crippen LogP contribution in [-0.2, 0) is 23.1 Å². The predicted molar refractivity (Wildman–Crippen MR) is 92.9 cm³/mol. The number of hydrogen-bond donors (Lipinski definition) is 1. The van der Waals surface area contributed by atoms with E-state index in [0.717, 1.165) is 36.3 Å². The largest absolute Gasteiger partial charge is 0.332 e. The van der Waals surface area contributed by atoms with Crippen LogP contribution in [0.15, 0.2) is 36.7 Å². The maximum atomic E-state index is 13.0. The van der Waals surface area contributed by atoms with E-state index in [1.807, 2.05) is 36.7 Å². The molecule has 6 nitrogen and oxygen atoms in total. The van der Waals surface area contributed by atoms with Gasteiger partial charge in [0.1, 0.15) is 0 Å². The molecule has 7 heteroatoms. The molecule has 0 amide bonds. The van der Waals surface area contributed by atoms with Gasteiger partial charge in [0.25, 0.3) is 0 Å². The van der Waals surface area contributed by atoms with Crippen LogP contribution in [0.2, 0.25) is 0 Å². The van der Waals surface area contributed by atoms with Crippen molar-refractivity contribution < 1.29 is 8.42 Å². The van der Waals surface area contributed by atoms with Gasteiger partial charge in [-0.05, 0) is 19.4 Å². The van der Waals surface area contributed by atoms with Crippen molar-refractivity contribution in [2.45, 2.75) is 31.2 Å². The molecule has 1 aromatic heterocycles. The Kier molecular flexibility index (Phi) is 4.15. The summed E-state index contributed by atoms with van der Waals surface area (Å²) < 4.78 is 29.7. The van der Waals surface area contributed by atoms with Crippen LogP contribution in [-0.4, -0.2) is 47.2 Å². The quantitative estimate of drug-likeness (QED) is 0.913. The summed E-state index contributed by atoms with van der Waals surface area (Å²) in [4.78, 5) is 4.53. The molecule has 1 fully saturated rings. The Labute approximate surface area is 142 Å². The maximum absolute atomic E-state index is 13.0. The molecule has 2 aliphatic heterocycles. The molecular formula is C17H22N4O2S. The molecule has 0 bridgehead atoms. The van der Waals surface area contributed by atoms with Gasteiger partial charge in [0.05, 0.1) is 29.5 Å². The third-order valence-corrected chi connectivity index (χ3v) is 7.22. The SMILES string of the molecule is O=S(=O)(C1CCCNC1)N1CCn2cnc(-c3ccccc3)c2C1. The Morgan fingerprint density at radius 3 is 2.75 bits per heavy atom. The van der Waals surface area contributed by atoms with E-state index in [4.69, 9.17) is 0 Å². The van der Waals surface area contributed by atoms with Crippen LogP contribution in [0.5, 0.6) is 0 Å². The minimum Gasteiger partial charge on any atom is -0.332 e. The zero-order chi connectivity index (χ0) is 16.6. The number of imidazole rings is 1. The Hall–Kier alpha value is -1.70. The number of nitrogens with one attached hydrogen (secondary N) is 1. The molecule has 0 aliphatic carbocycles. The lowest BCUT2D eigenvalue weighted by Crippen LogP contribution is -2.48. The van der Waals surface area contributed by atoms with Gasteiger partial charge in [0.15, 0.2) is 0 Å². The van der Waals surface area contributed by atoms with E-state index in [2.05, 4.69) is 14.9 Å². The van der Waals surface area contributed by atoms with Crippen LogP contribution in [0.1, 0.15) is 18.5 Å². The second kappa shape index (κ2) is 6.31. The number of aromatic nitrogens is 2. The first-order chi connectivity index (χ1) is 11.7. The average Bonchev–Trinajstić information content (AvgIpc) is 3.06.